The van der Waals surface area contributed by atoms with Crippen molar-refractivity contribution in [3.05, 3.63) is 56.7 Å². The summed E-state index contributed by atoms with van der Waals surface area (Å²) in [4.78, 5) is 1.44. The van der Waals surface area contributed by atoms with Gasteiger partial charge in [0, 0.05) is 27.9 Å². The van der Waals surface area contributed by atoms with Crippen LogP contribution in [0.15, 0.2) is 46.3 Å². The van der Waals surface area contributed by atoms with Crippen molar-refractivity contribution < 1.29 is 0 Å². The van der Waals surface area contributed by atoms with Gasteiger partial charge in [-0.1, -0.05) is 48.0 Å². The lowest BCUT2D eigenvalue weighted by Crippen LogP contribution is -2.31. The van der Waals surface area contributed by atoms with E-state index in [1.165, 1.54) is 10.4 Å². The van der Waals surface area contributed by atoms with Gasteiger partial charge in [0.15, 0.2) is 0 Å². The van der Waals surface area contributed by atoms with E-state index in [2.05, 4.69) is 76.9 Å². The SMILES string of the molecule is CC(C)(CNCc1ccc(Br)cc1)c1cccs1. The minimum atomic E-state index is 0.198. The molecule has 0 spiro atoms. The van der Waals surface area contributed by atoms with Gasteiger partial charge >= 0.3 is 0 Å². The maximum Gasteiger partial charge on any atom is 0.0205 e. The highest BCUT2D eigenvalue weighted by Crippen LogP contribution is 2.26. The molecule has 96 valence electrons. The van der Waals surface area contributed by atoms with E-state index >= 15 is 0 Å². The molecule has 2 rings (SSSR count). The Kier molecular flexibility index (Phi) is 4.60. The first-order valence-corrected chi connectivity index (χ1v) is 7.74. The lowest BCUT2D eigenvalue weighted by molar-refractivity contribution is 0.477. The second kappa shape index (κ2) is 6.00. The maximum atomic E-state index is 3.54. The summed E-state index contributed by atoms with van der Waals surface area (Å²) in [5.74, 6) is 0. The smallest absolute Gasteiger partial charge is 0.0205 e. The highest BCUT2D eigenvalue weighted by molar-refractivity contribution is 9.10. The molecular formula is C15H18BrNS. The fourth-order valence-electron chi connectivity index (χ4n) is 1.87. The Morgan fingerprint density at radius 1 is 1.17 bits per heavy atom. The summed E-state index contributed by atoms with van der Waals surface area (Å²) in [5.41, 5.74) is 1.52. The van der Waals surface area contributed by atoms with Gasteiger partial charge in [0.05, 0.1) is 0 Å². The normalized spacial score (nSPS) is 11.7. The Hall–Kier alpha value is -0.640. The summed E-state index contributed by atoms with van der Waals surface area (Å²) in [6.45, 7) is 6.48. The molecule has 0 saturated heterocycles. The molecule has 0 amide bonds. The lowest BCUT2D eigenvalue weighted by atomic mass is 9.91. The summed E-state index contributed by atoms with van der Waals surface area (Å²) in [6.07, 6.45) is 0. The van der Waals surface area contributed by atoms with E-state index in [1.807, 2.05) is 11.3 Å². The van der Waals surface area contributed by atoms with Gasteiger partial charge < -0.3 is 5.32 Å². The number of halogens is 1. The van der Waals surface area contributed by atoms with Crippen LogP contribution in [-0.2, 0) is 12.0 Å². The first-order valence-electron chi connectivity index (χ1n) is 6.07. The van der Waals surface area contributed by atoms with Crippen molar-refractivity contribution in [1.82, 2.24) is 5.32 Å². The molecule has 0 aliphatic rings. The van der Waals surface area contributed by atoms with Crippen LogP contribution in [0.3, 0.4) is 0 Å². The predicted octanol–water partition coefficient (Wildman–Crippen LogP) is 4.58. The van der Waals surface area contributed by atoms with Gasteiger partial charge in [-0.25, -0.2) is 0 Å². The Labute approximate surface area is 121 Å². The van der Waals surface area contributed by atoms with Crippen LogP contribution >= 0.6 is 27.3 Å². The number of hydrogen-bond acceptors (Lipinski definition) is 2. The van der Waals surface area contributed by atoms with Gasteiger partial charge in [-0.15, -0.1) is 11.3 Å². The van der Waals surface area contributed by atoms with Crippen LogP contribution in [0, 0.1) is 0 Å². The highest BCUT2D eigenvalue weighted by atomic mass is 79.9. The fraction of sp³-hybridized carbons (Fsp3) is 0.333. The molecule has 2 aromatic rings. The average Bonchev–Trinajstić information content (AvgIpc) is 2.86. The predicted molar refractivity (Wildman–Crippen MR) is 83.2 cm³/mol. The van der Waals surface area contributed by atoms with E-state index in [1.54, 1.807) is 0 Å². The van der Waals surface area contributed by atoms with Gasteiger partial charge in [0.2, 0.25) is 0 Å². The number of thiophene rings is 1. The average molecular weight is 324 g/mol. The standard InChI is InChI=1S/C15H18BrNS/c1-15(2,14-4-3-9-18-14)11-17-10-12-5-7-13(16)8-6-12/h3-9,17H,10-11H2,1-2H3. The molecule has 3 heteroatoms. The highest BCUT2D eigenvalue weighted by Gasteiger charge is 2.20. The molecule has 1 aromatic heterocycles. The molecule has 0 fully saturated rings. The quantitative estimate of drug-likeness (QED) is 0.849. The maximum absolute atomic E-state index is 3.54. The Morgan fingerprint density at radius 2 is 1.89 bits per heavy atom. The summed E-state index contributed by atoms with van der Waals surface area (Å²) in [5, 5.41) is 5.69. The second-order valence-electron chi connectivity index (χ2n) is 5.09. The molecule has 1 N–H and O–H groups in total. The van der Waals surface area contributed by atoms with E-state index < -0.39 is 0 Å². The molecule has 0 saturated carbocycles. The molecule has 0 atom stereocenters. The molecule has 0 aliphatic heterocycles. The molecule has 18 heavy (non-hydrogen) atoms. The molecule has 1 aromatic carbocycles. The molecule has 0 aliphatic carbocycles. The van der Waals surface area contributed by atoms with Crippen molar-refractivity contribution >= 4 is 27.3 Å². The molecule has 0 bridgehead atoms. The molecule has 1 heterocycles. The Bertz CT molecular complexity index is 474. The van der Waals surface area contributed by atoms with Crippen molar-refractivity contribution in [3.8, 4) is 0 Å². The van der Waals surface area contributed by atoms with E-state index in [9.17, 15) is 0 Å². The van der Waals surface area contributed by atoms with Crippen LogP contribution in [0.1, 0.15) is 24.3 Å². The van der Waals surface area contributed by atoms with Gasteiger partial charge in [-0.05, 0) is 29.1 Å². The summed E-state index contributed by atoms with van der Waals surface area (Å²) < 4.78 is 1.13. The van der Waals surface area contributed by atoms with Gasteiger partial charge in [-0.3, -0.25) is 0 Å². The minimum Gasteiger partial charge on any atom is -0.312 e. The minimum absolute atomic E-state index is 0.198. The van der Waals surface area contributed by atoms with E-state index in [4.69, 9.17) is 0 Å². The zero-order chi connectivity index (χ0) is 13.0. The third-order valence-electron chi connectivity index (χ3n) is 3.00. The van der Waals surface area contributed by atoms with Crippen molar-refractivity contribution in [2.24, 2.45) is 0 Å². The lowest BCUT2D eigenvalue weighted by Gasteiger charge is -2.23. The van der Waals surface area contributed by atoms with Crippen LogP contribution in [0.2, 0.25) is 0 Å². The number of rotatable bonds is 5. The van der Waals surface area contributed by atoms with Gasteiger partial charge in [0.1, 0.15) is 0 Å². The third kappa shape index (κ3) is 3.67. The summed E-state index contributed by atoms with van der Waals surface area (Å²) in [7, 11) is 0. The first kappa shape index (κ1) is 13.8. The third-order valence-corrected chi connectivity index (χ3v) is 4.76. The van der Waals surface area contributed by atoms with Gasteiger partial charge in [-0.2, -0.15) is 0 Å². The van der Waals surface area contributed by atoms with Gasteiger partial charge in [0.25, 0.3) is 0 Å². The first-order chi connectivity index (χ1) is 8.58. The zero-order valence-corrected chi connectivity index (χ0v) is 13.1. The molecule has 0 radical (unpaired) electrons. The molecular weight excluding hydrogens is 306 g/mol. The number of nitrogens with one attached hydrogen (secondary N) is 1. The van der Waals surface area contributed by atoms with Crippen LogP contribution < -0.4 is 5.32 Å². The van der Waals surface area contributed by atoms with Crippen molar-refractivity contribution in [3.63, 3.8) is 0 Å². The molecule has 0 unspecified atom stereocenters. The van der Waals surface area contributed by atoms with Crippen molar-refractivity contribution in [2.75, 3.05) is 6.54 Å². The monoisotopic (exact) mass is 323 g/mol. The zero-order valence-electron chi connectivity index (χ0n) is 10.7. The van der Waals surface area contributed by atoms with Crippen LogP contribution in [0.4, 0.5) is 0 Å². The van der Waals surface area contributed by atoms with Crippen LogP contribution in [-0.4, -0.2) is 6.54 Å². The van der Waals surface area contributed by atoms with Crippen LogP contribution in [0.5, 0.6) is 0 Å². The van der Waals surface area contributed by atoms with Crippen molar-refractivity contribution in [2.45, 2.75) is 25.8 Å². The van der Waals surface area contributed by atoms with E-state index in [0.717, 1.165) is 17.6 Å². The Morgan fingerprint density at radius 3 is 2.50 bits per heavy atom. The second-order valence-corrected chi connectivity index (χ2v) is 6.95. The fourth-order valence-corrected chi connectivity index (χ4v) is 2.99. The number of benzene rings is 1. The van der Waals surface area contributed by atoms with E-state index in [0.29, 0.717) is 0 Å². The van der Waals surface area contributed by atoms with Crippen LogP contribution in [0.25, 0.3) is 0 Å². The molecule has 1 nitrogen and oxygen atoms in total. The summed E-state index contributed by atoms with van der Waals surface area (Å²) >= 11 is 5.28. The topological polar surface area (TPSA) is 12.0 Å². The Balaban J connectivity index is 1.87. The number of hydrogen-bond donors (Lipinski definition) is 1. The van der Waals surface area contributed by atoms with Crippen molar-refractivity contribution in [1.29, 1.82) is 0 Å². The summed E-state index contributed by atoms with van der Waals surface area (Å²) in [6, 6.07) is 12.8. The largest absolute Gasteiger partial charge is 0.312 e. The van der Waals surface area contributed by atoms with E-state index in [-0.39, 0.29) is 5.41 Å².